The van der Waals surface area contributed by atoms with Crippen molar-refractivity contribution in [3.8, 4) is 11.5 Å². The molecule has 1 amide bonds. The molecule has 1 heterocycles. The molecular formula is C15H15NO3S2. The van der Waals surface area contributed by atoms with E-state index in [1.807, 2.05) is 25.1 Å². The van der Waals surface area contributed by atoms with Crippen LogP contribution in [-0.2, 0) is 4.79 Å². The minimum absolute atomic E-state index is 0.171. The number of carbonyl (C=O) groups excluding carboxylic acids is 1. The molecule has 2 rings (SSSR count). The number of rotatable bonds is 6. The molecule has 1 aliphatic heterocycles. The summed E-state index contributed by atoms with van der Waals surface area (Å²) in [4.78, 5) is 12.2. The van der Waals surface area contributed by atoms with Crippen molar-refractivity contribution in [1.82, 2.24) is 5.32 Å². The summed E-state index contributed by atoms with van der Waals surface area (Å²) in [6, 6.07) is 5.52. The van der Waals surface area contributed by atoms with Crippen molar-refractivity contribution in [2.75, 3.05) is 13.2 Å². The summed E-state index contributed by atoms with van der Waals surface area (Å²) in [6.07, 6.45) is 3.45. The molecule has 0 saturated carbocycles. The van der Waals surface area contributed by atoms with Crippen molar-refractivity contribution in [2.45, 2.75) is 6.92 Å². The summed E-state index contributed by atoms with van der Waals surface area (Å²) < 4.78 is 11.6. The molecule has 0 spiro atoms. The molecule has 1 saturated heterocycles. The predicted molar refractivity (Wildman–Crippen MR) is 89.6 cm³/mol. The van der Waals surface area contributed by atoms with Gasteiger partial charge in [-0.3, -0.25) is 4.79 Å². The highest BCUT2D eigenvalue weighted by Gasteiger charge is 2.22. The van der Waals surface area contributed by atoms with E-state index in [4.69, 9.17) is 21.7 Å². The third kappa shape index (κ3) is 4.09. The molecule has 6 heteroatoms. The zero-order valence-corrected chi connectivity index (χ0v) is 13.2. The first-order valence-electron chi connectivity index (χ1n) is 6.39. The Labute approximate surface area is 133 Å². The highest BCUT2D eigenvalue weighted by atomic mass is 32.2. The zero-order chi connectivity index (χ0) is 15.2. The van der Waals surface area contributed by atoms with Gasteiger partial charge in [-0.15, -0.1) is 0 Å². The third-order valence-electron chi connectivity index (χ3n) is 2.56. The molecule has 1 aromatic rings. The standard InChI is InChI=1S/C15H15NO3S2/c1-3-7-19-11-6-5-10(8-12(11)18-4-2)9-13-14(17)16-15(20)21-13/h3,5-6,8-9H,1,4,7H2,2H3,(H,16,17,20). The Morgan fingerprint density at radius 2 is 2.19 bits per heavy atom. The lowest BCUT2D eigenvalue weighted by atomic mass is 10.2. The summed E-state index contributed by atoms with van der Waals surface area (Å²) in [5.41, 5.74) is 0.853. The molecule has 0 aromatic heterocycles. The largest absolute Gasteiger partial charge is 0.490 e. The Balaban J connectivity index is 2.26. The van der Waals surface area contributed by atoms with E-state index in [9.17, 15) is 4.79 Å². The summed E-state index contributed by atoms with van der Waals surface area (Å²) in [6.45, 7) is 6.46. The Kier molecular flexibility index (Phi) is 5.41. The van der Waals surface area contributed by atoms with Crippen LogP contribution in [0.25, 0.3) is 6.08 Å². The summed E-state index contributed by atoms with van der Waals surface area (Å²) >= 11 is 6.21. The van der Waals surface area contributed by atoms with Gasteiger partial charge in [0.15, 0.2) is 11.5 Å². The normalized spacial score (nSPS) is 16.0. The van der Waals surface area contributed by atoms with E-state index in [2.05, 4.69) is 11.9 Å². The van der Waals surface area contributed by atoms with Crippen molar-refractivity contribution in [3.05, 3.63) is 41.3 Å². The average Bonchev–Trinajstić information content (AvgIpc) is 2.76. The lowest BCUT2D eigenvalue weighted by Gasteiger charge is -2.11. The minimum atomic E-state index is -0.171. The first-order valence-corrected chi connectivity index (χ1v) is 7.62. The van der Waals surface area contributed by atoms with Gasteiger partial charge in [-0.05, 0) is 30.7 Å². The summed E-state index contributed by atoms with van der Waals surface area (Å²) in [5.74, 6) is 1.12. The van der Waals surface area contributed by atoms with Crippen LogP contribution in [0.4, 0.5) is 0 Å². The van der Waals surface area contributed by atoms with Gasteiger partial charge in [0.25, 0.3) is 5.91 Å². The molecule has 0 radical (unpaired) electrons. The third-order valence-corrected chi connectivity index (χ3v) is 3.73. The van der Waals surface area contributed by atoms with Crippen molar-refractivity contribution < 1.29 is 14.3 Å². The maximum Gasteiger partial charge on any atom is 0.263 e. The average molecular weight is 321 g/mol. The Bertz CT molecular complexity index is 611. The number of hydrogen-bond acceptors (Lipinski definition) is 5. The lowest BCUT2D eigenvalue weighted by Crippen LogP contribution is -2.17. The molecule has 1 N–H and O–H groups in total. The number of ether oxygens (including phenoxy) is 2. The van der Waals surface area contributed by atoms with Crippen molar-refractivity contribution in [3.63, 3.8) is 0 Å². The molecule has 4 nitrogen and oxygen atoms in total. The van der Waals surface area contributed by atoms with E-state index in [1.165, 1.54) is 11.8 Å². The van der Waals surface area contributed by atoms with E-state index < -0.39 is 0 Å². The number of nitrogens with one attached hydrogen (secondary N) is 1. The van der Waals surface area contributed by atoms with Gasteiger partial charge in [0.05, 0.1) is 11.5 Å². The van der Waals surface area contributed by atoms with Gasteiger partial charge in [0.1, 0.15) is 10.9 Å². The fraction of sp³-hybridized carbons (Fsp3) is 0.200. The second-order valence-corrected chi connectivity index (χ2v) is 5.81. The molecule has 0 bridgehead atoms. The van der Waals surface area contributed by atoms with Gasteiger partial charge in [-0.2, -0.15) is 0 Å². The maximum absolute atomic E-state index is 11.7. The van der Waals surface area contributed by atoms with Crippen LogP contribution in [0.15, 0.2) is 35.8 Å². The Hall–Kier alpha value is -1.79. The topological polar surface area (TPSA) is 47.6 Å². The molecule has 0 aliphatic carbocycles. The monoisotopic (exact) mass is 321 g/mol. The van der Waals surface area contributed by atoms with E-state index in [0.717, 1.165) is 5.56 Å². The second kappa shape index (κ2) is 7.28. The van der Waals surface area contributed by atoms with Crippen LogP contribution in [0.1, 0.15) is 12.5 Å². The fourth-order valence-electron chi connectivity index (χ4n) is 1.72. The molecule has 0 unspecified atom stereocenters. The maximum atomic E-state index is 11.7. The van der Waals surface area contributed by atoms with E-state index >= 15 is 0 Å². The van der Waals surface area contributed by atoms with E-state index in [-0.39, 0.29) is 5.91 Å². The Morgan fingerprint density at radius 1 is 1.38 bits per heavy atom. The highest BCUT2D eigenvalue weighted by Crippen LogP contribution is 2.31. The number of carbonyl (C=O) groups is 1. The van der Waals surface area contributed by atoms with Gasteiger partial charge >= 0.3 is 0 Å². The lowest BCUT2D eigenvalue weighted by molar-refractivity contribution is -0.115. The van der Waals surface area contributed by atoms with Crippen LogP contribution in [-0.4, -0.2) is 23.4 Å². The molecule has 21 heavy (non-hydrogen) atoms. The number of thioether (sulfide) groups is 1. The number of benzene rings is 1. The number of hydrogen-bond donors (Lipinski definition) is 1. The zero-order valence-electron chi connectivity index (χ0n) is 11.5. The van der Waals surface area contributed by atoms with Gasteiger partial charge in [-0.1, -0.05) is 42.7 Å². The van der Waals surface area contributed by atoms with Gasteiger partial charge < -0.3 is 14.8 Å². The molecule has 1 fully saturated rings. The Morgan fingerprint density at radius 3 is 2.81 bits per heavy atom. The quantitative estimate of drug-likeness (QED) is 0.495. The van der Waals surface area contributed by atoms with Crippen LogP contribution >= 0.6 is 24.0 Å². The van der Waals surface area contributed by atoms with E-state index in [1.54, 1.807) is 12.2 Å². The summed E-state index contributed by atoms with van der Waals surface area (Å²) in [7, 11) is 0. The molecule has 1 aromatic carbocycles. The van der Waals surface area contributed by atoms with Crippen LogP contribution in [0.3, 0.4) is 0 Å². The molecule has 110 valence electrons. The molecule has 1 aliphatic rings. The van der Waals surface area contributed by atoms with Gasteiger partial charge in [-0.25, -0.2) is 0 Å². The smallest absolute Gasteiger partial charge is 0.263 e. The molecule has 0 atom stereocenters. The van der Waals surface area contributed by atoms with Crippen LogP contribution in [0.5, 0.6) is 11.5 Å². The predicted octanol–water partition coefficient (Wildman–Crippen LogP) is 3.14. The number of thiocarbonyl (C=S) groups is 1. The minimum Gasteiger partial charge on any atom is -0.490 e. The second-order valence-electron chi connectivity index (χ2n) is 4.09. The van der Waals surface area contributed by atoms with Crippen LogP contribution in [0, 0.1) is 0 Å². The first-order chi connectivity index (χ1) is 10.1. The van der Waals surface area contributed by atoms with Crippen molar-refractivity contribution >= 4 is 40.3 Å². The number of amides is 1. The van der Waals surface area contributed by atoms with E-state index in [0.29, 0.717) is 33.9 Å². The fourth-order valence-corrected chi connectivity index (χ4v) is 2.77. The molecular weight excluding hydrogens is 306 g/mol. The van der Waals surface area contributed by atoms with Crippen LogP contribution in [0.2, 0.25) is 0 Å². The first kappa shape index (κ1) is 15.6. The van der Waals surface area contributed by atoms with Crippen molar-refractivity contribution in [1.29, 1.82) is 0 Å². The van der Waals surface area contributed by atoms with Crippen LogP contribution < -0.4 is 14.8 Å². The SMILES string of the molecule is C=CCOc1ccc(C=C2SC(=S)NC2=O)cc1OCC. The van der Waals surface area contributed by atoms with Gasteiger partial charge in [0, 0.05) is 0 Å². The highest BCUT2D eigenvalue weighted by molar-refractivity contribution is 8.26. The summed E-state index contributed by atoms with van der Waals surface area (Å²) in [5, 5.41) is 2.59. The van der Waals surface area contributed by atoms with Gasteiger partial charge in [0.2, 0.25) is 0 Å². The van der Waals surface area contributed by atoms with Crippen molar-refractivity contribution in [2.24, 2.45) is 0 Å².